The van der Waals surface area contributed by atoms with E-state index in [-0.39, 0.29) is 23.9 Å². The standard InChI is InChI=1S/C30H47N3O4S/c1-20-15-16-22(19-21(20)2)26(27(34)31-23-11-8-7-9-12-23)33(24-13-10-14-24)28(35)25(17-18-38-6)32-29(36)37-30(3,4)5/h15-16,19,23-26H,7-14,17-18H2,1-6H3,(H,31,34)(H,32,36). The highest BCUT2D eigenvalue weighted by Gasteiger charge is 2.42. The van der Waals surface area contributed by atoms with Crippen LogP contribution in [-0.2, 0) is 14.3 Å². The van der Waals surface area contributed by atoms with E-state index in [2.05, 4.69) is 10.6 Å². The second kappa shape index (κ2) is 13.7. The van der Waals surface area contributed by atoms with Crippen molar-refractivity contribution in [1.29, 1.82) is 0 Å². The fraction of sp³-hybridized carbons (Fsp3) is 0.700. The zero-order chi connectivity index (χ0) is 27.9. The summed E-state index contributed by atoms with van der Waals surface area (Å²) in [5, 5.41) is 6.14. The van der Waals surface area contributed by atoms with Crippen LogP contribution in [0.4, 0.5) is 4.79 Å². The summed E-state index contributed by atoms with van der Waals surface area (Å²) in [4.78, 5) is 42.9. The van der Waals surface area contributed by atoms with Crippen molar-refractivity contribution in [3.05, 3.63) is 34.9 Å². The number of ether oxygens (including phenoxy) is 1. The van der Waals surface area contributed by atoms with Crippen molar-refractivity contribution in [3.63, 3.8) is 0 Å². The van der Waals surface area contributed by atoms with Crippen molar-refractivity contribution in [3.8, 4) is 0 Å². The molecule has 8 heteroatoms. The van der Waals surface area contributed by atoms with Crippen LogP contribution in [0, 0.1) is 13.8 Å². The summed E-state index contributed by atoms with van der Waals surface area (Å²) in [7, 11) is 0. The van der Waals surface area contributed by atoms with Gasteiger partial charge in [-0.1, -0.05) is 37.5 Å². The van der Waals surface area contributed by atoms with Crippen LogP contribution in [0.15, 0.2) is 18.2 Å². The summed E-state index contributed by atoms with van der Waals surface area (Å²) < 4.78 is 5.49. The Balaban J connectivity index is 1.97. The van der Waals surface area contributed by atoms with Crippen LogP contribution >= 0.6 is 11.8 Å². The lowest BCUT2D eigenvalue weighted by Crippen LogP contribution is -2.58. The SMILES string of the molecule is CSCCC(NC(=O)OC(C)(C)C)C(=O)N(C1CCC1)C(C(=O)NC1CCCCC1)c1ccc(C)c(C)c1. The molecule has 3 rings (SSSR count). The summed E-state index contributed by atoms with van der Waals surface area (Å²) in [5.74, 6) is 0.366. The Labute approximate surface area is 233 Å². The van der Waals surface area contributed by atoms with Gasteiger partial charge in [-0.05, 0) is 102 Å². The summed E-state index contributed by atoms with van der Waals surface area (Å²) in [5.41, 5.74) is 2.38. The average Bonchev–Trinajstić information content (AvgIpc) is 2.81. The number of hydrogen-bond donors (Lipinski definition) is 2. The molecular formula is C30H47N3O4S. The van der Waals surface area contributed by atoms with Gasteiger partial charge in [-0.15, -0.1) is 0 Å². The third kappa shape index (κ3) is 8.39. The molecule has 2 N–H and O–H groups in total. The quantitative estimate of drug-likeness (QED) is 0.387. The van der Waals surface area contributed by atoms with E-state index in [0.717, 1.165) is 61.6 Å². The van der Waals surface area contributed by atoms with E-state index in [9.17, 15) is 14.4 Å². The number of carbonyl (C=O) groups excluding carboxylic acids is 3. The lowest BCUT2D eigenvalue weighted by Gasteiger charge is -2.44. The number of aryl methyl sites for hydroxylation is 2. The molecule has 2 atom stereocenters. The van der Waals surface area contributed by atoms with Crippen molar-refractivity contribution in [2.45, 2.75) is 122 Å². The highest BCUT2D eigenvalue weighted by atomic mass is 32.2. The highest BCUT2D eigenvalue weighted by Crippen LogP contribution is 2.35. The van der Waals surface area contributed by atoms with Gasteiger partial charge < -0.3 is 20.3 Å². The molecule has 2 aliphatic carbocycles. The van der Waals surface area contributed by atoms with E-state index < -0.39 is 23.8 Å². The van der Waals surface area contributed by atoms with Gasteiger partial charge in [0.05, 0.1) is 0 Å². The molecular weight excluding hydrogens is 498 g/mol. The minimum absolute atomic E-state index is 0.0385. The Morgan fingerprint density at radius 1 is 1.03 bits per heavy atom. The van der Waals surface area contributed by atoms with Crippen LogP contribution in [0.5, 0.6) is 0 Å². The first-order valence-electron chi connectivity index (χ1n) is 14.2. The molecule has 0 aliphatic heterocycles. The Bertz CT molecular complexity index is 967. The molecule has 3 amide bonds. The second-order valence-electron chi connectivity index (χ2n) is 11.9. The number of benzene rings is 1. The lowest BCUT2D eigenvalue weighted by molar-refractivity contribution is -0.147. The number of alkyl carbamates (subject to hydrolysis) is 1. The van der Waals surface area contributed by atoms with Crippen LogP contribution in [-0.4, -0.2) is 58.5 Å². The van der Waals surface area contributed by atoms with Gasteiger partial charge in [-0.2, -0.15) is 11.8 Å². The maximum atomic E-state index is 14.3. The van der Waals surface area contributed by atoms with Crippen LogP contribution in [0.3, 0.4) is 0 Å². The normalized spacial score (nSPS) is 18.2. The summed E-state index contributed by atoms with van der Waals surface area (Å²) >= 11 is 1.62. The molecule has 212 valence electrons. The van der Waals surface area contributed by atoms with Crippen molar-refractivity contribution in [1.82, 2.24) is 15.5 Å². The third-order valence-electron chi connectivity index (χ3n) is 7.65. The molecule has 0 saturated heterocycles. The van der Waals surface area contributed by atoms with Gasteiger partial charge >= 0.3 is 6.09 Å². The minimum Gasteiger partial charge on any atom is -0.444 e. The van der Waals surface area contributed by atoms with Gasteiger partial charge in [-0.25, -0.2) is 4.79 Å². The molecule has 0 heterocycles. The smallest absolute Gasteiger partial charge is 0.408 e. The lowest BCUT2D eigenvalue weighted by atomic mass is 9.87. The molecule has 0 radical (unpaired) electrons. The molecule has 7 nitrogen and oxygen atoms in total. The van der Waals surface area contributed by atoms with E-state index in [0.29, 0.717) is 12.2 Å². The molecule has 2 fully saturated rings. The van der Waals surface area contributed by atoms with Gasteiger partial charge in [0.15, 0.2) is 0 Å². The van der Waals surface area contributed by atoms with Gasteiger partial charge in [0.25, 0.3) is 0 Å². The van der Waals surface area contributed by atoms with Gasteiger partial charge in [-0.3, -0.25) is 9.59 Å². The summed E-state index contributed by atoms with van der Waals surface area (Å²) in [6, 6.07) is 4.63. The second-order valence-corrected chi connectivity index (χ2v) is 12.9. The first-order chi connectivity index (χ1) is 18.0. The summed E-state index contributed by atoms with van der Waals surface area (Å²) in [6.45, 7) is 9.50. The number of nitrogens with one attached hydrogen (secondary N) is 2. The molecule has 2 unspecified atom stereocenters. The predicted octanol–water partition coefficient (Wildman–Crippen LogP) is 5.82. The summed E-state index contributed by atoms with van der Waals surface area (Å²) in [6.07, 6.45) is 9.93. The first kappa shape index (κ1) is 30.3. The van der Waals surface area contributed by atoms with Crippen molar-refractivity contribution < 1.29 is 19.1 Å². The molecule has 1 aromatic carbocycles. The number of amides is 3. The average molecular weight is 546 g/mol. The van der Waals surface area contributed by atoms with Crippen molar-refractivity contribution in [2.75, 3.05) is 12.0 Å². The van der Waals surface area contributed by atoms with Crippen LogP contribution in [0.1, 0.15) is 101 Å². The van der Waals surface area contributed by atoms with Crippen LogP contribution < -0.4 is 10.6 Å². The molecule has 38 heavy (non-hydrogen) atoms. The number of thioether (sulfide) groups is 1. The number of nitrogens with zero attached hydrogens (tertiary/aromatic N) is 1. The largest absolute Gasteiger partial charge is 0.444 e. The molecule has 1 aromatic rings. The first-order valence-corrected chi connectivity index (χ1v) is 15.6. The van der Waals surface area contributed by atoms with Crippen LogP contribution in [0.2, 0.25) is 0 Å². The minimum atomic E-state index is -0.769. The van der Waals surface area contributed by atoms with Crippen molar-refractivity contribution in [2.24, 2.45) is 0 Å². The Hall–Kier alpha value is -2.22. The van der Waals surface area contributed by atoms with Crippen LogP contribution in [0.25, 0.3) is 0 Å². The monoisotopic (exact) mass is 545 g/mol. The van der Waals surface area contributed by atoms with Gasteiger partial charge in [0.2, 0.25) is 11.8 Å². The Morgan fingerprint density at radius 2 is 1.71 bits per heavy atom. The third-order valence-corrected chi connectivity index (χ3v) is 8.29. The maximum Gasteiger partial charge on any atom is 0.408 e. The van der Waals surface area contributed by atoms with Gasteiger partial charge in [0.1, 0.15) is 17.7 Å². The van der Waals surface area contributed by atoms with Gasteiger partial charge in [0, 0.05) is 12.1 Å². The molecule has 0 aromatic heterocycles. The van der Waals surface area contributed by atoms with E-state index in [1.54, 1.807) is 37.4 Å². The number of rotatable bonds is 10. The number of carbonyl (C=O) groups is 3. The fourth-order valence-electron chi connectivity index (χ4n) is 5.21. The topological polar surface area (TPSA) is 87.7 Å². The zero-order valence-electron chi connectivity index (χ0n) is 24.1. The fourth-order valence-corrected chi connectivity index (χ4v) is 5.68. The predicted molar refractivity (Wildman–Crippen MR) is 154 cm³/mol. The Morgan fingerprint density at radius 3 is 2.26 bits per heavy atom. The van der Waals surface area contributed by atoms with Crippen molar-refractivity contribution >= 4 is 29.7 Å². The molecule has 2 saturated carbocycles. The molecule has 0 spiro atoms. The van der Waals surface area contributed by atoms with E-state index >= 15 is 0 Å². The van der Waals surface area contributed by atoms with E-state index in [1.807, 2.05) is 38.3 Å². The highest BCUT2D eigenvalue weighted by molar-refractivity contribution is 7.98. The Kier molecular flexibility index (Phi) is 10.9. The zero-order valence-corrected chi connectivity index (χ0v) is 24.9. The maximum absolute atomic E-state index is 14.3. The molecule has 2 aliphatic rings. The molecule has 0 bridgehead atoms. The van der Waals surface area contributed by atoms with E-state index in [4.69, 9.17) is 4.74 Å². The number of hydrogen-bond acceptors (Lipinski definition) is 5. The van der Waals surface area contributed by atoms with E-state index in [1.165, 1.54) is 6.42 Å².